The SMILES string of the molecule is CSc1ccc(C(F)(F)F)cc1N=C(N)N=C(N)N. The van der Waals surface area contributed by atoms with Gasteiger partial charge in [0.15, 0.2) is 5.96 Å². The third kappa shape index (κ3) is 4.36. The molecule has 0 aliphatic carbocycles. The Morgan fingerprint density at radius 1 is 1.21 bits per heavy atom. The predicted octanol–water partition coefficient (Wildman–Crippen LogP) is 1.65. The second-order valence-electron chi connectivity index (χ2n) is 3.39. The zero-order valence-corrected chi connectivity index (χ0v) is 10.7. The zero-order chi connectivity index (χ0) is 14.6. The number of aliphatic imine (C=N–C) groups is 2. The normalized spacial score (nSPS) is 12.3. The van der Waals surface area contributed by atoms with E-state index < -0.39 is 11.7 Å². The minimum atomic E-state index is -4.45. The number of alkyl halides is 3. The molecule has 9 heteroatoms. The summed E-state index contributed by atoms with van der Waals surface area (Å²) in [6.45, 7) is 0. The largest absolute Gasteiger partial charge is 0.416 e. The molecular formula is C10H12F3N5S. The van der Waals surface area contributed by atoms with Crippen LogP contribution < -0.4 is 17.2 Å². The monoisotopic (exact) mass is 291 g/mol. The molecule has 104 valence electrons. The maximum absolute atomic E-state index is 12.6. The van der Waals surface area contributed by atoms with Gasteiger partial charge in [-0.05, 0) is 24.5 Å². The summed E-state index contributed by atoms with van der Waals surface area (Å²) in [5, 5.41) is 0. The van der Waals surface area contributed by atoms with E-state index in [9.17, 15) is 13.2 Å². The number of halogens is 3. The van der Waals surface area contributed by atoms with Gasteiger partial charge in [0.05, 0.1) is 11.3 Å². The van der Waals surface area contributed by atoms with Crippen molar-refractivity contribution in [2.75, 3.05) is 6.26 Å². The molecule has 0 fully saturated rings. The van der Waals surface area contributed by atoms with E-state index in [0.717, 1.165) is 12.1 Å². The molecule has 6 N–H and O–H groups in total. The Bertz CT molecular complexity index is 520. The number of nitrogens with zero attached hydrogens (tertiary/aromatic N) is 2. The number of benzene rings is 1. The Morgan fingerprint density at radius 2 is 1.84 bits per heavy atom. The van der Waals surface area contributed by atoms with Crippen molar-refractivity contribution in [2.24, 2.45) is 27.2 Å². The molecule has 0 saturated heterocycles. The van der Waals surface area contributed by atoms with Gasteiger partial charge in [0.2, 0.25) is 5.96 Å². The number of rotatable bonds is 2. The fourth-order valence-electron chi connectivity index (χ4n) is 1.23. The standard InChI is InChI=1S/C10H12F3N5S/c1-19-7-3-2-5(10(11,12)13)4-6(7)17-9(16)18-8(14)15/h2-4H,1H3,(H6,14,15,16,17,18). The van der Waals surface area contributed by atoms with Crippen molar-refractivity contribution in [3.63, 3.8) is 0 Å². The van der Waals surface area contributed by atoms with Crippen LogP contribution in [0.25, 0.3) is 0 Å². The highest BCUT2D eigenvalue weighted by molar-refractivity contribution is 7.98. The Hall–Kier alpha value is -1.90. The smallest absolute Gasteiger partial charge is 0.370 e. The minimum Gasteiger partial charge on any atom is -0.370 e. The molecule has 0 spiro atoms. The minimum absolute atomic E-state index is 0.0600. The molecule has 0 aromatic heterocycles. The van der Waals surface area contributed by atoms with E-state index in [2.05, 4.69) is 9.98 Å². The van der Waals surface area contributed by atoms with E-state index in [1.807, 2.05) is 0 Å². The highest BCUT2D eigenvalue weighted by atomic mass is 32.2. The van der Waals surface area contributed by atoms with Crippen LogP contribution in [0.5, 0.6) is 0 Å². The molecular weight excluding hydrogens is 279 g/mol. The van der Waals surface area contributed by atoms with Crippen LogP contribution in [0.15, 0.2) is 33.1 Å². The number of nitrogens with two attached hydrogens (primary N) is 3. The molecule has 0 amide bonds. The van der Waals surface area contributed by atoms with Crippen molar-refractivity contribution in [1.82, 2.24) is 0 Å². The summed E-state index contributed by atoms with van der Waals surface area (Å²) in [5.41, 5.74) is 14.8. The Balaban J connectivity index is 3.28. The van der Waals surface area contributed by atoms with Crippen molar-refractivity contribution >= 4 is 29.4 Å². The average molecular weight is 291 g/mol. The Kier molecular flexibility index (Phi) is 4.65. The van der Waals surface area contributed by atoms with Crippen molar-refractivity contribution in [1.29, 1.82) is 0 Å². The van der Waals surface area contributed by atoms with Crippen molar-refractivity contribution in [3.05, 3.63) is 23.8 Å². The van der Waals surface area contributed by atoms with Crippen LogP contribution in [0.4, 0.5) is 18.9 Å². The van der Waals surface area contributed by atoms with Crippen molar-refractivity contribution < 1.29 is 13.2 Å². The summed E-state index contributed by atoms with van der Waals surface area (Å²) >= 11 is 1.23. The average Bonchev–Trinajstić information content (AvgIpc) is 2.26. The lowest BCUT2D eigenvalue weighted by molar-refractivity contribution is -0.137. The third-order valence-electron chi connectivity index (χ3n) is 1.98. The molecule has 0 saturated carbocycles. The van der Waals surface area contributed by atoms with Crippen LogP contribution >= 0.6 is 11.8 Å². The summed E-state index contributed by atoms with van der Waals surface area (Å²) in [5.74, 6) is -0.631. The van der Waals surface area contributed by atoms with Crippen LogP contribution in [0, 0.1) is 0 Å². The van der Waals surface area contributed by atoms with Crippen molar-refractivity contribution in [2.45, 2.75) is 11.1 Å². The van der Waals surface area contributed by atoms with Gasteiger partial charge in [-0.3, -0.25) is 0 Å². The first-order valence-corrected chi connectivity index (χ1v) is 6.15. The van der Waals surface area contributed by atoms with Crippen LogP contribution in [0.1, 0.15) is 5.56 Å². The van der Waals surface area contributed by atoms with Gasteiger partial charge in [-0.1, -0.05) is 0 Å². The van der Waals surface area contributed by atoms with Crippen LogP contribution in [-0.2, 0) is 6.18 Å². The lowest BCUT2D eigenvalue weighted by Gasteiger charge is -2.09. The van der Waals surface area contributed by atoms with E-state index >= 15 is 0 Å². The fourth-order valence-corrected chi connectivity index (χ4v) is 1.75. The first kappa shape index (κ1) is 15.2. The number of hydrogen-bond acceptors (Lipinski definition) is 2. The van der Waals surface area contributed by atoms with Gasteiger partial charge in [-0.15, -0.1) is 11.8 Å². The van der Waals surface area contributed by atoms with Gasteiger partial charge in [0.25, 0.3) is 0 Å². The topological polar surface area (TPSA) is 103 Å². The van der Waals surface area contributed by atoms with E-state index in [4.69, 9.17) is 17.2 Å². The summed E-state index contributed by atoms with van der Waals surface area (Å²) < 4.78 is 37.8. The second kappa shape index (κ2) is 5.83. The Labute approximate surface area is 111 Å². The fraction of sp³-hybridized carbons (Fsp3) is 0.200. The molecule has 1 rings (SSSR count). The van der Waals surface area contributed by atoms with Gasteiger partial charge in [-0.25, -0.2) is 4.99 Å². The molecule has 0 unspecified atom stereocenters. The molecule has 1 aromatic carbocycles. The maximum atomic E-state index is 12.6. The summed E-state index contributed by atoms with van der Waals surface area (Å²) in [7, 11) is 0. The van der Waals surface area contributed by atoms with E-state index in [1.54, 1.807) is 6.26 Å². The molecule has 5 nitrogen and oxygen atoms in total. The lowest BCUT2D eigenvalue weighted by Crippen LogP contribution is -2.26. The van der Waals surface area contributed by atoms with Gasteiger partial charge in [-0.2, -0.15) is 18.2 Å². The van der Waals surface area contributed by atoms with E-state index in [0.29, 0.717) is 4.90 Å². The van der Waals surface area contributed by atoms with Gasteiger partial charge in [0.1, 0.15) is 0 Å². The number of guanidine groups is 2. The Morgan fingerprint density at radius 3 is 2.32 bits per heavy atom. The summed E-state index contributed by atoms with van der Waals surface area (Å²) in [4.78, 5) is 7.75. The molecule has 19 heavy (non-hydrogen) atoms. The first-order valence-electron chi connectivity index (χ1n) is 4.93. The van der Waals surface area contributed by atoms with Gasteiger partial charge < -0.3 is 17.2 Å². The molecule has 0 bridgehead atoms. The van der Waals surface area contributed by atoms with Crippen molar-refractivity contribution in [3.8, 4) is 0 Å². The zero-order valence-electron chi connectivity index (χ0n) is 9.90. The molecule has 0 radical (unpaired) electrons. The quantitative estimate of drug-likeness (QED) is 0.438. The number of thioether (sulfide) groups is 1. The highest BCUT2D eigenvalue weighted by Crippen LogP contribution is 2.36. The van der Waals surface area contributed by atoms with Crippen LogP contribution in [0.2, 0.25) is 0 Å². The van der Waals surface area contributed by atoms with E-state index in [-0.39, 0.29) is 17.6 Å². The van der Waals surface area contributed by atoms with E-state index in [1.165, 1.54) is 17.8 Å². The third-order valence-corrected chi connectivity index (χ3v) is 2.77. The van der Waals surface area contributed by atoms with Crippen LogP contribution in [0.3, 0.4) is 0 Å². The molecule has 0 aliphatic rings. The molecule has 0 heterocycles. The summed E-state index contributed by atoms with van der Waals surface area (Å²) in [6.07, 6.45) is -2.75. The van der Waals surface area contributed by atoms with Gasteiger partial charge >= 0.3 is 6.18 Å². The number of hydrogen-bond donors (Lipinski definition) is 3. The maximum Gasteiger partial charge on any atom is 0.416 e. The second-order valence-corrected chi connectivity index (χ2v) is 4.24. The summed E-state index contributed by atoms with van der Waals surface area (Å²) in [6, 6.07) is 3.18. The molecule has 0 aliphatic heterocycles. The highest BCUT2D eigenvalue weighted by Gasteiger charge is 2.31. The predicted molar refractivity (Wildman–Crippen MR) is 70.3 cm³/mol. The lowest BCUT2D eigenvalue weighted by atomic mass is 10.2. The molecule has 1 aromatic rings. The van der Waals surface area contributed by atoms with Crippen LogP contribution in [-0.4, -0.2) is 18.2 Å². The molecule has 0 atom stereocenters. The van der Waals surface area contributed by atoms with Gasteiger partial charge in [0, 0.05) is 4.90 Å². The first-order chi connectivity index (χ1) is 8.74.